The Morgan fingerprint density at radius 1 is 1.56 bits per heavy atom. The molecule has 1 aromatic rings. The Bertz CT molecular complexity index is 132. The van der Waals surface area contributed by atoms with E-state index in [1.165, 1.54) is 11.3 Å². The highest BCUT2D eigenvalue weighted by atomic mass is 35.5. The second-order valence-electron chi connectivity index (χ2n) is 1.04. The van der Waals surface area contributed by atoms with Gasteiger partial charge < -0.3 is 5.73 Å². The summed E-state index contributed by atoms with van der Waals surface area (Å²) in [5.41, 5.74) is 6.87. The first-order chi connectivity index (χ1) is 3.43. The van der Waals surface area contributed by atoms with Crippen molar-refractivity contribution in [3.8, 4) is 0 Å². The van der Waals surface area contributed by atoms with Gasteiger partial charge in [-0.3, -0.25) is 0 Å². The van der Waals surface area contributed by atoms with Crippen molar-refractivity contribution in [2.75, 3.05) is 0 Å². The van der Waals surface area contributed by atoms with Crippen molar-refractivity contribution in [2.45, 2.75) is 6.54 Å². The van der Waals surface area contributed by atoms with Crippen molar-refractivity contribution in [1.29, 1.82) is 0 Å². The van der Waals surface area contributed by atoms with Crippen LogP contribution in [-0.2, 0) is 6.54 Å². The standard InChI is InChI=1S/C3H5N3S.2ClH/c4-1-3-6-5-2-7-3;;/h2H,1,4H2;2*1H. The van der Waals surface area contributed by atoms with Gasteiger partial charge in [-0.05, 0) is 0 Å². The third kappa shape index (κ3) is 3.64. The van der Waals surface area contributed by atoms with Crippen LogP contribution < -0.4 is 5.73 Å². The van der Waals surface area contributed by atoms with Crippen LogP contribution in [0.5, 0.6) is 0 Å². The summed E-state index contributed by atoms with van der Waals surface area (Å²) in [5.74, 6) is 0. The van der Waals surface area contributed by atoms with Gasteiger partial charge in [0.05, 0.1) is 0 Å². The van der Waals surface area contributed by atoms with Crippen molar-refractivity contribution >= 4 is 36.2 Å². The predicted octanol–water partition coefficient (Wildman–Crippen LogP) is 0.840. The maximum atomic E-state index is 5.20. The normalized spacial score (nSPS) is 7.22. The Labute approximate surface area is 69.5 Å². The zero-order chi connectivity index (χ0) is 5.11. The van der Waals surface area contributed by atoms with E-state index in [0.717, 1.165) is 5.01 Å². The topological polar surface area (TPSA) is 51.8 Å². The molecule has 0 saturated carbocycles. The van der Waals surface area contributed by atoms with E-state index in [1.807, 2.05) is 0 Å². The molecule has 1 rings (SSSR count). The minimum Gasteiger partial charge on any atom is -0.324 e. The number of halogens is 2. The predicted molar refractivity (Wildman–Crippen MR) is 42.3 cm³/mol. The molecule has 0 saturated heterocycles. The van der Waals surface area contributed by atoms with Crippen molar-refractivity contribution < 1.29 is 0 Å². The van der Waals surface area contributed by atoms with Crippen LogP contribution in [0.3, 0.4) is 0 Å². The van der Waals surface area contributed by atoms with Crippen LogP contribution in [0.1, 0.15) is 5.01 Å². The van der Waals surface area contributed by atoms with Crippen LogP contribution in [0, 0.1) is 0 Å². The Morgan fingerprint density at radius 3 is 2.44 bits per heavy atom. The summed E-state index contributed by atoms with van der Waals surface area (Å²) in [4.78, 5) is 0. The highest BCUT2D eigenvalue weighted by Crippen LogP contribution is 1.96. The maximum absolute atomic E-state index is 5.20. The third-order valence-electron chi connectivity index (χ3n) is 0.580. The van der Waals surface area contributed by atoms with Crippen molar-refractivity contribution in [2.24, 2.45) is 5.73 Å². The quantitative estimate of drug-likeness (QED) is 0.710. The lowest BCUT2D eigenvalue weighted by molar-refractivity contribution is 0.958. The van der Waals surface area contributed by atoms with Crippen LogP contribution in [-0.4, -0.2) is 10.2 Å². The molecular weight excluding hydrogens is 181 g/mol. The molecule has 3 nitrogen and oxygen atoms in total. The molecule has 1 aromatic heterocycles. The summed E-state index contributed by atoms with van der Waals surface area (Å²) >= 11 is 1.48. The summed E-state index contributed by atoms with van der Waals surface area (Å²) in [6.45, 7) is 0.505. The number of nitrogens with zero attached hydrogens (tertiary/aromatic N) is 2. The van der Waals surface area contributed by atoms with Gasteiger partial charge in [0.1, 0.15) is 10.5 Å². The monoisotopic (exact) mass is 187 g/mol. The van der Waals surface area contributed by atoms with E-state index in [1.54, 1.807) is 5.51 Å². The molecule has 0 atom stereocenters. The number of hydrogen-bond donors (Lipinski definition) is 1. The molecule has 0 aliphatic rings. The van der Waals surface area contributed by atoms with Gasteiger partial charge in [-0.2, -0.15) is 0 Å². The van der Waals surface area contributed by atoms with E-state index < -0.39 is 0 Å². The molecule has 0 fully saturated rings. The van der Waals surface area contributed by atoms with Gasteiger partial charge in [-0.1, -0.05) is 0 Å². The van der Waals surface area contributed by atoms with Gasteiger partial charge in [0, 0.05) is 6.54 Å². The summed E-state index contributed by atoms with van der Waals surface area (Å²) in [7, 11) is 0. The Balaban J connectivity index is 0. The second kappa shape index (κ2) is 6.22. The lowest BCUT2D eigenvalue weighted by atomic mass is 10.7. The molecule has 0 bridgehead atoms. The smallest absolute Gasteiger partial charge is 0.130 e. The highest BCUT2D eigenvalue weighted by molar-refractivity contribution is 7.09. The first kappa shape index (κ1) is 11.8. The maximum Gasteiger partial charge on any atom is 0.130 e. The van der Waals surface area contributed by atoms with Gasteiger partial charge in [0.25, 0.3) is 0 Å². The van der Waals surface area contributed by atoms with Crippen molar-refractivity contribution in [3.05, 3.63) is 10.5 Å². The van der Waals surface area contributed by atoms with Crippen LogP contribution >= 0.6 is 36.2 Å². The van der Waals surface area contributed by atoms with Gasteiger partial charge in [0.2, 0.25) is 0 Å². The molecule has 0 amide bonds. The first-order valence-electron chi connectivity index (χ1n) is 1.88. The minimum absolute atomic E-state index is 0. The first-order valence-corrected chi connectivity index (χ1v) is 2.76. The molecular formula is C3H7Cl2N3S. The zero-order valence-electron chi connectivity index (χ0n) is 4.48. The van der Waals surface area contributed by atoms with E-state index >= 15 is 0 Å². The number of aromatic nitrogens is 2. The summed E-state index contributed by atoms with van der Waals surface area (Å²) in [6, 6.07) is 0. The van der Waals surface area contributed by atoms with Gasteiger partial charge in [-0.15, -0.1) is 46.3 Å². The number of hydrogen-bond acceptors (Lipinski definition) is 4. The van der Waals surface area contributed by atoms with Crippen molar-refractivity contribution in [1.82, 2.24) is 10.2 Å². The number of rotatable bonds is 1. The fourth-order valence-corrected chi connectivity index (χ4v) is 0.691. The molecule has 0 radical (unpaired) electrons. The van der Waals surface area contributed by atoms with Crippen LogP contribution in [0.25, 0.3) is 0 Å². The Morgan fingerprint density at radius 2 is 2.22 bits per heavy atom. The molecule has 1 heterocycles. The van der Waals surface area contributed by atoms with E-state index in [2.05, 4.69) is 10.2 Å². The van der Waals surface area contributed by atoms with E-state index in [4.69, 9.17) is 5.73 Å². The van der Waals surface area contributed by atoms with E-state index in [0.29, 0.717) is 6.54 Å². The number of nitrogens with two attached hydrogens (primary N) is 1. The fraction of sp³-hybridized carbons (Fsp3) is 0.333. The SMILES string of the molecule is Cl.Cl.NCc1nncs1. The molecule has 0 aliphatic heterocycles. The second-order valence-corrected chi connectivity index (χ2v) is 1.95. The van der Waals surface area contributed by atoms with Gasteiger partial charge >= 0.3 is 0 Å². The summed E-state index contributed by atoms with van der Waals surface area (Å²) < 4.78 is 0. The molecule has 2 N–H and O–H groups in total. The molecule has 0 aliphatic carbocycles. The average molecular weight is 188 g/mol. The van der Waals surface area contributed by atoms with Crippen LogP contribution in [0.15, 0.2) is 5.51 Å². The summed E-state index contributed by atoms with van der Waals surface area (Å²) in [5, 5.41) is 8.15. The molecule has 6 heteroatoms. The van der Waals surface area contributed by atoms with Crippen LogP contribution in [0.2, 0.25) is 0 Å². The van der Waals surface area contributed by atoms with Crippen molar-refractivity contribution in [3.63, 3.8) is 0 Å². The minimum atomic E-state index is 0. The third-order valence-corrected chi connectivity index (χ3v) is 1.30. The van der Waals surface area contributed by atoms with Crippen LogP contribution in [0.4, 0.5) is 0 Å². The molecule has 0 aromatic carbocycles. The lowest BCUT2D eigenvalue weighted by Crippen LogP contribution is -1.94. The van der Waals surface area contributed by atoms with E-state index in [9.17, 15) is 0 Å². The van der Waals surface area contributed by atoms with Gasteiger partial charge in [0.15, 0.2) is 0 Å². The zero-order valence-corrected chi connectivity index (χ0v) is 6.93. The average Bonchev–Trinajstić information content (AvgIpc) is 2.14. The largest absolute Gasteiger partial charge is 0.324 e. The highest BCUT2D eigenvalue weighted by Gasteiger charge is 1.86. The Hall–Kier alpha value is 0.1000. The fourth-order valence-electron chi connectivity index (χ4n) is 0.285. The molecule has 9 heavy (non-hydrogen) atoms. The van der Waals surface area contributed by atoms with E-state index in [-0.39, 0.29) is 24.8 Å². The van der Waals surface area contributed by atoms with Gasteiger partial charge in [-0.25, -0.2) is 0 Å². The molecule has 54 valence electrons. The summed E-state index contributed by atoms with van der Waals surface area (Å²) in [6.07, 6.45) is 0. The molecule has 0 unspecified atom stereocenters. The lowest BCUT2D eigenvalue weighted by Gasteiger charge is -1.75. The Kier molecular flexibility index (Phi) is 8.19. The molecule has 0 spiro atoms.